The number of carbonyl (C=O) groups is 5. The van der Waals surface area contributed by atoms with Gasteiger partial charge in [-0.1, -0.05) is 30.3 Å². The van der Waals surface area contributed by atoms with Crippen LogP contribution in [0.5, 0.6) is 0 Å². The fraction of sp³-hybridized carbons (Fsp3) is 0.500. The van der Waals surface area contributed by atoms with E-state index in [0.717, 1.165) is 16.7 Å². The number of nitrogens with one attached hydrogen (secondary N) is 5. The maximum absolute atomic E-state index is 14.1. The highest BCUT2D eigenvalue weighted by Gasteiger charge is 2.61. The van der Waals surface area contributed by atoms with Gasteiger partial charge in [-0.05, 0) is 139 Å². The first-order valence-electron chi connectivity index (χ1n) is 22.3. The first-order chi connectivity index (χ1) is 31.2. The van der Waals surface area contributed by atoms with E-state index < -0.39 is 59.2 Å². The SMILES string of the molecule is Cc1cc(C(=O)N[C@@H]2CCN(C(=O)OC(C)(C)C)C2)ccc1-c1ccc(C[C@H](NC(=O)C2CCC(CNC(=O)OC(C)(C)C)CC2)C(=O)Nc2ccc3nc(C(F)(F)C(F)(F)F)[nH]c3c2)cc1. The Bertz CT molecular complexity index is 2450. The van der Waals surface area contributed by atoms with Crippen LogP contribution in [-0.2, 0) is 31.4 Å². The van der Waals surface area contributed by atoms with E-state index in [9.17, 15) is 45.9 Å². The third-order valence-corrected chi connectivity index (χ3v) is 11.6. The molecule has 1 saturated heterocycles. The minimum Gasteiger partial charge on any atom is -0.444 e. The summed E-state index contributed by atoms with van der Waals surface area (Å²) in [6, 6.07) is 15.0. The summed E-state index contributed by atoms with van der Waals surface area (Å²) in [5.41, 5.74) is 2.07. The van der Waals surface area contributed by atoms with Crippen molar-refractivity contribution in [2.75, 3.05) is 25.0 Å². The predicted octanol–water partition coefficient (Wildman–Crippen LogP) is 8.93. The zero-order chi connectivity index (χ0) is 49.1. The summed E-state index contributed by atoms with van der Waals surface area (Å²) >= 11 is 0. The van der Waals surface area contributed by atoms with Crippen molar-refractivity contribution in [3.8, 4) is 11.1 Å². The number of amides is 5. The molecule has 4 aromatic rings. The van der Waals surface area contributed by atoms with Gasteiger partial charge in [0, 0.05) is 49.3 Å². The van der Waals surface area contributed by atoms with Crippen molar-refractivity contribution in [2.24, 2.45) is 11.8 Å². The minimum absolute atomic E-state index is 0.0336. The van der Waals surface area contributed by atoms with E-state index in [1.165, 1.54) is 18.2 Å². The lowest BCUT2D eigenvalue weighted by atomic mass is 9.81. The zero-order valence-electron chi connectivity index (χ0n) is 38.6. The molecule has 67 heavy (non-hydrogen) atoms. The summed E-state index contributed by atoms with van der Waals surface area (Å²) < 4.78 is 78.2. The molecule has 1 saturated carbocycles. The molecule has 6 rings (SSSR count). The summed E-state index contributed by atoms with van der Waals surface area (Å²) in [5, 5.41) is 11.4. The number of aromatic amines is 1. The Morgan fingerprint density at radius 1 is 0.836 bits per heavy atom. The standard InChI is InChI=1S/C48H58F5N7O7/c1-27-22-32(40(62)56-34-20-21-60(26-34)44(65)67-46(5,6)7)16-18-35(27)30-12-8-28(9-13-30)23-38(57-39(61)31-14-10-29(11-15-31)25-54-43(64)66-45(2,3)4)41(63)55-33-17-19-36-37(24-33)59-42(58-36)47(49,50)48(51,52)53/h8-9,12-13,16-19,22,24,29,31,34,38H,10-11,14-15,20-21,23,25-26H2,1-7H3,(H,54,64)(H,55,63)(H,56,62)(H,57,61)(H,58,59)/t29?,31?,34-,38+/m1/s1. The third kappa shape index (κ3) is 13.2. The molecule has 5 N–H and O–H groups in total. The smallest absolute Gasteiger partial charge is 0.444 e. The Balaban J connectivity index is 1.13. The number of H-pyrrole nitrogens is 1. The van der Waals surface area contributed by atoms with Crippen LogP contribution in [0.3, 0.4) is 0 Å². The second-order valence-corrected chi connectivity index (χ2v) is 19.4. The molecule has 3 aromatic carbocycles. The lowest BCUT2D eigenvalue weighted by molar-refractivity contribution is -0.292. The van der Waals surface area contributed by atoms with Crippen LogP contribution >= 0.6 is 0 Å². The van der Waals surface area contributed by atoms with Crippen molar-refractivity contribution in [3.05, 3.63) is 83.2 Å². The molecule has 1 aliphatic carbocycles. The number of halogens is 5. The monoisotopic (exact) mass is 939 g/mol. The van der Waals surface area contributed by atoms with Crippen LogP contribution in [0.1, 0.15) is 101 Å². The van der Waals surface area contributed by atoms with Gasteiger partial charge in [0.1, 0.15) is 17.2 Å². The number of ether oxygens (including phenoxy) is 2. The molecule has 14 nitrogen and oxygen atoms in total. The summed E-state index contributed by atoms with van der Waals surface area (Å²) in [6.07, 6.45) is -3.90. The van der Waals surface area contributed by atoms with E-state index in [1.54, 1.807) is 70.7 Å². The van der Waals surface area contributed by atoms with Gasteiger partial charge in [0.25, 0.3) is 5.91 Å². The average molecular weight is 940 g/mol. The van der Waals surface area contributed by atoms with E-state index in [2.05, 4.69) is 26.3 Å². The maximum Gasteiger partial charge on any atom is 0.461 e. The Kier molecular flexibility index (Phi) is 14.9. The number of alkyl halides is 5. The van der Waals surface area contributed by atoms with Crippen molar-refractivity contribution >= 4 is 46.6 Å². The number of rotatable bonds is 12. The highest BCUT2D eigenvalue weighted by molar-refractivity contribution is 5.99. The van der Waals surface area contributed by atoms with E-state index >= 15 is 0 Å². The normalized spacial score (nSPS) is 18.5. The van der Waals surface area contributed by atoms with Gasteiger partial charge in [0.2, 0.25) is 11.8 Å². The van der Waals surface area contributed by atoms with Gasteiger partial charge < -0.3 is 40.6 Å². The number of carbonyl (C=O) groups excluding carboxylic acids is 5. The number of hydrogen-bond acceptors (Lipinski definition) is 8. The molecule has 2 heterocycles. The van der Waals surface area contributed by atoms with Gasteiger partial charge in [-0.2, -0.15) is 22.0 Å². The number of alkyl carbamates (subject to hydrolysis) is 1. The molecule has 19 heteroatoms. The Morgan fingerprint density at radius 3 is 2.13 bits per heavy atom. The number of anilines is 1. The van der Waals surface area contributed by atoms with Crippen LogP contribution in [0.4, 0.5) is 37.2 Å². The van der Waals surface area contributed by atoms with E-state index in [4.69, 9.17) is 9.47 Å². The van der Waals surface area contributed by atoms with Crippen molar-refractivity contribution in [1.29, 1.82) is 0 Å². The van der Waals surface area contributed by atoms with Crippen LogP contribution in [0, 0.1) is 18.8 Å². The minimum atomic E-state index is -5.88. The summed E-state index contributed by atoms with van der Waals surface area (Å²) in [7, 11) is 0. The second-order valence-electron chi connectivity index (χ2n) is 19.4. The Hall–Kier alpha value is -6.27. The molecule has 5 amide bonds. The van der Waals surface area contributed by atoms with Gasteiger partial charge >= 0.3 is 24.3 Å². The average Bonchev–Trinajstić information content (AvgIpc) is 3.89. The number of hydrogen-bond donors (Lipinski definition) is 5. The molecule has 362 valence electrons. The van der Waals surface area contributed by atoms with E-state index in [-0.39, 0.29) is 46.9 Å². The zero-order valence-corrected chi connectivity index (χ0v) is 38.6. The fourth-order valence-corrected chi connectivity index (χ4v) is 8.09. The van der Waals surface area contributed by atoms with Gasteiger partial charge in [0.05, 0.1) is 11.0 Å². The molecule has 2 aliphatic rings. The van der Waals surface area contributed by atoms with Crippen LogP contribution in [0.2, 0.25) is 0 Å². The molecule has 1 aliphatic heterocycles. The maximum atomic E-state index is 14.1. The third-order valence-electron chi connectivity index (χ3n) is 11.6. The molecular formula is C48H58F5N7O7. The number of nitrogens with zero attached hydrogens (tertiary/aromatic N) is 2. The second kappa shape index (κ2) is 19.9. The molecule has 0 unspecified atom stereocenters. The summed E-state index contributed by atoms with van der Waals surface area (Å²) in [5.74, 6) is -8.42. The van der Waals surface area contributed by atoms with E-state index in [1.807, 2.05) is 30.1 Å². The van der Waals surface area contributed by atoms with Gasteiger partial charge in [-0.25, -0.2) is 14.6 Å². The lowest BCUT2D eigenvalue weighted by Gasteiger charge is -2.29. The van der Waals surface area contributed by atoms with Crippen molar-refractivity contribution < 1.29 is 55.4 Å². The first kappa shape index (κ1) is 50.1. The molecular weight excluding hydrogens is 882 g/mol. The van der Waals surface area contributed by atoms with Crippen LogP contribution in [0.15, 0.2) is 60.7 Å². The number of aromatic nitrogens is 2. The summed E-state index contributed by atoms with van der Waals surface area (Å²) in [6.45, 7) is 13.8. The molecule has 1 aromatic heterocycles. The van der Waals surface area contributed by atoms with Crippen LogP contribution in [0.25, 0.3) is 22.2 Å². The highest BCUT2D eigenvalue weighted by Crippen LogP contribution is 2.43. The number of likely N-dealkylation sites (tertiary alicyclic amines) is 1. The topological polar surface area (TPSA) is 184 Å². The van der Waals surface area contributed by atoms with Crippen LogP contribution < -0.4 is 21.3 Å². The molecule has 0 radical (unpaired) electrons. The molecule has 0 bridgehead atoms. The number of benzene rings is 3. The molecule has 2 fully saturated rings. The fourth-order valence-electron chi connectivity index (χ4n) is 8.09. The quantitative estimate of drug-likeness (QED) is 0.0873. The van der Waals surface area contributed by atoms with Crippen molar-refractivity contribution in [1.82, 2.24) is 30.8 Å². The Morgan fingerprint density at radius 2 is 1.51 bits per heavy atom. The number of imidazole rings is 1. The lowest BCUT2D eigenvalue weighted by Crippen LogP contribution is -2.48. The van der Waals surface area contributed by atoms with Gasteiger partial charge in [-0.15, -0.1) is 0 Å². The Labute approximate surface area is 385 Å². The molecule has 2 atom stereocenters. The highest BCUT2D eigenvalue weighted by atomic mass is 19.4. The van der Waals surface area contributed by atoms with Gasteiger partial charge in [0.15, 0.2) is 5.82 Å². The largest absolute Gasteiger partial charge is 0.461 e. The van der Waals surface area contributed by atoms with Crippen LogP contribution in [-0.4, -0.2) is 93.9 Å². The molecule has 0 spiro atoms. The number of aryl methyl sites for hydroxylation is 1. The summed E-state index contributed by atoms with van der Waals surface area (Å²) in [4.78, 5) is 72.7. The van der Waals surface area contributed by atoms with E-state index in [0.29, 0.717) is 62.9 Å². The number of fused-ring (bicyclic) bond motifs is 1. The predicted molar refractivity (Wildman–Crippen MR) is 240 cm³/mol. The van der Waals surface area contributed by atoms with Crippen molar-refractivity contribution in [2.45, 2.75) is 122 Å². The van der Waals surface area contributed by atoms with Gasteiger partial charge in [-0.3, -0.25) is 14.4 Å². The first-order valence-corrected chi connectivity index (χ1v) is 22.3. The van der Waals surface area contributed by atoms with Crippen molar-refractivity contribution in [3.63, 3.8) is 0 Å².